The molecule has 1 atom stereocenters. The van der Waals surface area contributed by atoms with E-state index in [1.807, 2.05) is 6.08 Å². The van der Waals surface area contributed by atoms with Crippen molar-refractivity contribution >= 4 is 11.8 Å². The fraction of sp³-hybridized carbons (Fsp3) is 0.385. The maximum atomic E-state index is 5.76. The molecule has 0 amide bonds. The highest BCUT2D eigenvalue weighted by atomic mass is 32.2. The molecule has 3 heteroatoms. The number of hydrogen-bond acceptors (Lipinski definition) is 3. The predicted octanol–water partition coefficient (Wildman–Crippen LogP) is 2.57. The molecule has 0 heterocycles. The van der Waals surface area contributed by atoms with Gasteiger partial charge in [0.2, 0.25) is 0 Å². The molecular formula is C13H20N2S. The van der Waals surface area contributed by atoms with Gasteiger partial charge in [-0.2, -0.15) is 0 Å². The fourth-order valence-electron chi connectivity index (χ4n) is 1.53. The van der Waals surface area contributed by atoms with E-state index in [1.54, 1.807) is 11.8 Å². The summed E-state index contributed by atoms with van der Waals surface area (Å²) in [5.74, 6) is 0. The van der Waals surface area contributed by atoms with Crippen molar-refractivity contribution in [2.75, 3.05) is 19.3 Å². The first-order valence-electron chi connectivity index (χ1n) is 5.50. The van der Waals surface area contributed by atoms with Crippen molar-refractivity contribution in [2.45, 2.75) is 17.4 Å². The maximum absolute atomic E-state index is 5.76. The summed E-state index contributed by atoms with van der Waals surface area (Å²) in [6.45, 7) is 5.25. The normalized spacial score (nSPS) is 12.4. The van der Waals surface area contributed by atoms with Gasteiger partial charge in [-0.05, 0) is 36.9 Å². The minimum Gasteiger partial charge on any atom is -0.329 e. The molecule has 0 aliphatic rings. The van der Waals surface area contributed by atoms with Crippen LogP contribution in [0.1, 0.15) is 18.0 Å². The molecule has 0 saturated carbocycles. The zero-order valence-corrected chi connectivity index (χ0v) is 10.6. The van der Waals surface area contributed by atoms with Crippen molar-refractivity contribution in [3.8, 4) is 0 Å². The van der Waals surface area contributed by atoms with Crippen LogP contribution < -0.4 is 11.1 Å². The Balaban J connectivity index is 2.59. The second-order valence-electron chi connectivity index (χ2n) is 3.59. The first-order valence-corrected chi connectivity index (χ1v) is 6.72. The Hall–Kier alpha value is -0.770. The number of hydrogen-bond donors (Lipinski definition) is 2. The molecule has 0 radical (unpaired) electrons. The van der Waals surface area contributed by atoms with Crippen LogP contribution in [0.5, 0.6) is 0 Å². The number of benzene rings is 1. The summed E-state index contributed by atoms with van der Waals surface area (Å²) >= 11 is 1.75. The largest absolute Gasteiger partial charge is 0.329 e. The Kier molecular flexibility index (Phi) is 6.23. The monoisotopic (exact) mass is 236 g/mol. The third-order valence-corrected chi connectivity index (χ3v) is 3.24. The average Bonchev–Trinajstić information content (AvgIpc) is 2.35. The van der Waals surface area contributed by atoms with E-state index in [-0.39, 0.29) is 6.04 Å². The summed E-state index contributed by atoms with van der Waals surface area (Å²) in [7, 11) is 0. The van der Waals surface area contributed by atoms with Gasteiger partial charge in [-0.1, -0.05) is 18.2 Å². The molecule has 0 bridgehead atoms. The maximum Gasteiger partial charge on any atom is 0.0444 e. The Morgan fingerprint density at radius 3 is 2.62 bits per heavy atom. The van der Waals surface area contributed by atoms with Crippen molar-refractivity contribution in [2.24, 2.45) is 5.73 Å². The lowest BCUT2D eigenvalue weighted by atomic mass is 10.1. The second kappa shape index (κ2) is 7.49. The first-order chi connectivity index (χ1) is 7.81. The van der Waals surface area contributed by atoms with Gasteiger partial charge >= 0.3 is 0 Å². The van der Waals surface area contributed by atoms with Gasteiger partial charge in [0.05, 0.1) is 0 Å². The number of nitrogens with one attached hydrogen (secondary N) is 1. The minimum atomic E-state index is 0.246. The molecule has 1 rings (SSSR count). The van der Waals surface area contributed by atoms with Crippen LogP contribution in [0.3, 0.4) is 0 Å². The van der Waals surface area contributed by atoms with E-state index >= 15 is 0 Å². The summed E-state index contributed by atoms with van der Waals surface area (Å²) < 4.78 is 0. The van der Waals surface area contributed by atoms with Crippen LogP contribution in [-0.4, -0.2) is 19.3 Å². The predicted molar refractivity (Wildman–Crippen MR) is 72.8 cm³/mol. The third-order valence-electron chi connectivity index (χ3n) is 2.49. The number of rotatable bonds is 7. The molecule has 0 spiro atoms. The molecule has 1 aromatic rings. The van der Waals surface area contributed by atoms with Gasteiger partial charge in [-0.3, -0.25) is 0 Å². The van der Waals surface area contributed by atoms with Gasteiger partial charge in [0.25, 0.3) is 0 Å². The van der Waals surface area contributed by atoms with E-state index in [9.17, 15) is 0 Å². The lowest BCUT2D eigenvalue weighted by Crippen LogP contribution is -2.28. The zero-order valence-electron chi connectivity index (χ0n) is 9.78. The summed E-state index contributed by atoms with van der Waals surface area (Å²) in [4.78, 5) is 1.28. The van der Waals surface area contributed by atoms with Crippen molar-refractivity contribution in [3.05, 3.63) is 42.5 Å². The second-order valence-corrected chi connectivity index (χ2v) is 4.47. The van der Waals surface area contributed by atoms with Gasteiger partial charge in [0, 0.05) is 17.5 Å². The molecule has 88 valence electrons. The van der Waals surface area contributed by atoms with Gasteiger partial charge in [-0.15, -0.1) is 18.3 Å². The lowest BCUT2D eigenvalue weighted by molar-refractivity contribution is 0.548. The van der Waals surface area contributed by atoms with Gasteiger partial charge in [0.15, 0.2) is 0 Å². The molecule has 0 saturated heterocycles. The molecule has 0 fully saturated rings. The highest BCUT2D eigenvalue weighted by Crippen LogP contribution is 2.18. The Morgan fingerprint density at radius 1 is 1.44 bits per heavy atom. The first kappa shape index (κ1) is 13.3. The van der Waals surface area contributed by atoms with Crippen LogP contribution in [0, 0.1) is 0 Å². The van der Waals surface area contributed by atoms with Crippen molar-refractivity contribution in [1.29, 1.82) is 0 Å². The molecule has 0 aromatic heterocycles. The quantitative estimate of drug-likeness (QED) is 0.434. The van der Waals surface area contributed by atoms with E-state index in [0.29, 0.717) is 6.54 Å². The van der Waals surface area contributed by atoms with E-state index in [4.69, 9.17) is 5.73 Å². The molecule has 1 unspecified atom stereocenters. The van der Waals surface area contributed by atoms with Gasteiger partial charge in [-0.25, -0.2) is 0 Å². The van der Waals surface area contributed by atoms with Crippen molar-refractivity contribution in [3.63, 3.8) is 0 Å². The van der Waals surface area contributed by atoms with E-state index in [1.165, 1.54) is 10.5 Å². The molecule has 0 aliphatic carbocycles. The average molecular weight is 236 g/mol. The Labute approximate surface area is 102 Å². The van der Waals surface area contributed by atoms with Crippen LogP contribution in [0.4, 0.5) is 0 Å². The summed E-state index contributed by atoms with van der Waals surface area (Å²) in [5, 5.41) is 3.42. The van der Waals surface area contributed by atoms with Crippen molar-refractivity contribution < 1.29 is 0 Å². The molecule has 3 N–H and O–H groups in total. The lowest BCUT2D eigenvalue weighted by Gasteiger charge is -2.17. The summed E-state index contributed by atoms with van der Waals surface area (Å²) in [5.41, 5.74) is 7.02. The topological polar surface area (TPSA) is 38.0 Å². The molecule has 16 heavy (non-hydrogen) atoms. The van der Waals surface area contributed by atoms with E-state index in [2.05, 4.69) is 42.4 Å². The van der Waals surface area contributed by atoms with E-state index in [0.717, 1.165) is 13.0 Å². The fourth-order valence-corrected chi connectivity index (χ4v) is 1.94. The standard InChI is InChI=1S/C13H20N2S/c1-3-4-9-15-13(10-14)11-5-7-12(16-2)8-6-11/h3,5-8,13,15H,1,4,9-10,14H2,2H3. The van der Waals surface area contributed by atoms with Crippen LogP contribution in [0.25, 0.3) is 0 Å². The summed E-state index contributed by atoms with van der Waals surface area (Å²) in [6, 6.07) is 8.81. The minimum absolute atomic E-state index is 0.246. The van der Waals surface area contributed by atoms with Crippen LogP contribution in [0.15, 0.2) is 41.8 Å². The molecule has 0 aliphatic heterocycles. The van der Waals surface area contributed by atoms with Crippen LogP contribution >= 0.6 is 11.8 Å². The Bertz CT molecular complexity index is 308. The van der Waals surface area contributed by atoms with Gasteiger partial charge < -0.3 is 11.1 Å². The molecule has 1 aromatic carbocycles. The Morgan fingerprint density at radius 2 is 2.12 bits per heavy atom. The smallest absolute Gasteiger partial charge is 0.0444 e. The number of thioether (sulfide) groups is 1. The zero-order chi connectivity index (χ0) is 11.8. The molecular weight excluding hydrogens is 216 g/mol. The SMILES string of the molecule is C=CCCNC(CN)c1ccc(SC)cc1. The van der Waals surface area contributed by atoms with E-state index < -0.39 is 0 Å². The molecule has 2 nitrogen and oxygen atoms in total. The van der Waals surface area contributed by atoms with Gasteiger partial charge in [0.1, 0.15) is 0 Å². The van der Waals surface area contributed by atoms with Crippen LogP contribution in [-0.2, 0) is 0 Å². The van der Waals surface area contributed by atoms with Crippen molar-refractivity contribution in [1.82, 2.24) is 5.32 Å². The van der Waals surface area contributed by atoms with Crippen LogP contribution in [0.2, 0.25) is 0 Å². The highest BCUT2D eigenvalue weighted by molar-refractivity contribution is 7.98. The number of nitrogens with two attached hydrogens (primary N) is 1. The third kappa shape index (κ3) is 4.00. The highest BCUT2D eigenvalue weighted by Gasteiger charge is 2.07. The summed E-state index contributed by atoms with van der Waals surface area (Å²) in [6.07, 6.45) is 4.97.